The molecule has 94 valence electrons. The van der Waals surface area contributed by atoms with Gasteiger partial charge in [0.2, 0.25) is 0 Å². The zero-order chi connectivity index (χ0) is 12.6. The number of benzene rings is 1. The Morgan fingerprint density at radius 1 is 1.50 bits per heavy atom. The van der Waals surface area contributed by atoms with Gasteiger partial charge in [0, 0.05) is 24.4 Å². The number of hydrogen-bond acceptors (Lipinski definition) is 4. The quantitative estimate of drug-likeness (QED) is 0.841. The van der Waals surface area contributed by atoms with E-state index in [1.54, 1.807) is 31.6 Å². The van der Waals surface area contributed by atoms with Crippen molar-refractivity contribution >= 4 is 0 Å². The molecular formula is C13H14N2O3. The van der Waals surface area contributed by atoms with Gasteiger partial charge in [-0.25, -0.2) is 4.98 Å². The Balaban J connectivity index is 2.16. The second-order valence-electron chi connectivity index (χ2n) is 4.26. The number of ether oxygens (including phenoxy) is 2. The molecule has 3 rings (SSSR count). The van der Waals surface area contributed by atoms with E-state index in [2.05, 4.69) is 9.97 Å². The highest BCUT2D eigenvalue weighted by Crippen LogP contribution is 2.41. The second-order valence-corrected chi connectivity index (χ2v) is 4.26. The maximum absolute atomic E-state index is 10.9. The van der Waals surface area contributed by atoms with Gasteiger partial charge in [0.05, 0.1) is 13.7 Å². The SMILES string of the molecule is COc1ccc2c(c1)C(O)(c1ncc[nH]1)CCO2. The molecule has 2 aromatic rings. The van der Waals surface area contributed by atoms with Crippen molar-refractivity contribution < 1.29 is 14.6 Å². The molecular weight excluding hydrogens is 232 g/mol. The third kappa shape index (κ3) is 1.55. The van der Waals surface area contributed by atoms with Gasteiger partial charge in [0.1, 0.15) is 17.3 Å². The van der Waals surface area contributed by atoms with E-state index in [1.165, 1.54) is 0 Å². The second kappa shape index (κ2) is 4.03. The van der Waals surface area contributed by atoms with Crippen LogP contribution in [0.3, 0.4) is 0 Å². The van der Waals surface area contributed by atoms with Gasteiger partial charge >= 0.3 is 0 Å². The number of rotatable bonds is 2. The van der Waals surface area contributed by atoms with Crippen LogP contribution >= 0.6 is 0 Å². The van der Waals surface area contributed by atoms with Gasteiger partial charge in [-0.05, 0) is 18.2 Å². The summed E-state index contributed by atoms with van der Waals surface area (Å²) < 4.78 is 10.8. The molecule has 5 heteroatoms. The fourth-order valence-corrected chi connectivity index (χ4v) is 2.27. The number of nitrogens with zero attached hydrogens (tertiary/aromatic N) is 1. The first-order chi connectivity index (χ1) is 8.74. The van der Waals surface area contributed by atoms with Crippen molar-refractivity contribution in [2.45, 2.75) is 12.0 Å². The van der Waals surface area contributed by atoms with Gasteiger partial charge in [-0.15, -0.1) is 0 Å². The van der Waals surface area contributed by atoms with E-state index in [0.717, 1.165) is 0 Å². The van der Waals surface area contributed by atoms with Crippen LogP contribution in [0.25, 0.3) is 0 Å². The lowest BCUT2D eigenvalue weighted by Crippen LogP contribution is -2.35. The standard InChI is InChI=1S/C13H14N2O3/c1-17-9-2-3-11-10(8-9)13(16,4-7-18-11)12-14-5-6-15-12/h2-3,5-6,8,16H,4,7H2,1H3,(H,14,15). The summed E-state index contributed by atoms with van der Waals surface area (Å²) >= 11 is 0. The van der Waals surface area contributed by atoms with Crippen molar-refractivity contribution in [1.82, 2.24) is 9.97 Å². The van der Waals surface area contributed by atoms with E-state index >= 15 is 0 Å². The Morgan fingerprint density at radius 3 is 3.11 bits per heavy atom. The minimum atomic E-state index is -1.15. The Labute approximate surface area is 104 Å². The number of aliphatic hydroxyl groups is 1. The van der Waals surface area contributed by atoms with E-state index in [9.17, 15) is 5.11 Å². The fourth-order valence-electron chi connectivity index (χ4n) is 2.27. The van der Waals surface area contributed by atoms with Crippen LogP contribution in [0.4, 0.5) is 0 Å². The van der Waals surface area contributed by atoms with Crippen molar-refractivity contribution in [2.75, 3.05) is 13.7 Å². The number of nitrogens with one attached hydrogen (secondary N) is 1. The Morgan fingerprint density at radius 2 is 2.39 bits per heavy atom. The largest absolute Gasteiger partial charge is 0.497 e. The molecule has 1 unspecified atom stereocenters. The van der Waals surface area contributed by atoms with E-state index in [-0.39, 0.29) is 0 Å². The van der Waals surface area contributed by atoms with E-state index in [4.69, 9.17) is 9.47 Å². The highest BCUT2D eigenvalue weighted by Gasteiger charge is 2.39. The molecule has 18 heavy (non-hydrogen) atoms. The van der Waals surface area contributed by atoms with Crippen molar-refractivity contribution in [3.05, 3.63) is 42.0 Å². The minimum absolute atomic E-state index is 0.455. The van der Waals surface area contributed by atoms with E-state index < -0.39 is 5.60 Å². The third-order valence-corrected chi connectivity index (χ3v) is 3.24. The molecule has 0 bridgehead atoms. The van der Waals surface area contributed by atoms with Crippen LogP contribution in [0.1, 0.15) is 17.8 Å². The van der Waals surface area contributed by atoms with Crippen LogP contribution in [0.5, 0.6) is 11.5 Å². The number of hydrogen-bond donors (Lipinski definition) is 2. The topological polar surface area (TPSA) is 67.4 Å². The first-order valence-corrected chi connectivity index (χ1v) is 5.77. The molecule has 2 N–H and O–H groups in total. The van der Waals surface area contributed by atoms with Crippen LogP contribution in [0, 0.1) is 0 Å². The smallest absolute Gasteiger partial charge is 0.154 e. The normalized spacial score (nSPS) is 22.1. The number of H-pyrrole nitrogens is 1. The summed E-state index contributed by atoms with van der Waals surface area (Å²) in [5.74, 6) is 1.88. The van der Waals surface area contributed by atoms with Crippen LogP contribution in [-0.4, -0.2) is 28.8 Å². The van der Waals surface area contributed by atoms with Crippen LogP contribution in [0.15, 0.2) is 30.6 Å². The summed E-state index contributed by atoms with van der Waals surface area (Å²) in [5.41, 5.74) is -0.464. The first kappa shape index (κ1) is 11.1. The van der Waals surface area contributed by atoms with Crippen LogP contribution in [-0.2, 0) is 5.60 Å². The Hall–Kier alpha value is -2.01. The molecule has 1 aliphatic rings. The highest BCUT2D eigenvalue weighted by molar-refractivity contribution is 5.47. The number of methoxy groups -OCH3 is 1. The molecule has 1 aliphatic heterocycles. The van der Waals surface area contributed by atoms with Crippen LogP contribution in [0.2, 0.25) is 0 Å². The van der Waals surface area contributed by atoms with Gasteiger partial charge in [-0.3, -0.25) is 0 Å². The van der Waals surface area contributed by atoms with Crippen molar-refractivity contribution in [3.8, 4) is 11.5 Å². The average molecular weight is 246 g/mol. The maximum atomic E-state index is 10.9. The lowest BCUT2D eigenvalue weighted by atomic mass is 9.87. The minimum Gasteiger partial charge on any atom is -0.497 e. The Kier molecular flexibility index (Phi) is 2.48. The van der Waals surface area contributed by atoms with Crippen molar-refractivity contribution in [3.63, 3.8) is 0 Å². The maximum Gasteiger partial charge on any atom is 0.154 e. The molecule has 5 nitrogen and oxygen atoms in total. The highest BCUT2D eigenvalue weighted by atomic mass is 16.5. The lowest BCUT2D eigenvalue weighted by molar-refractivity contribution is 0.0275. The Bertz CT molecular complexity index is 553. The molecule has 0 amide bonds. The van der Waals surface area contributed by atoms with Gasteiger partial charge in [0.15, 0.2) is 5.60 Å². The summed E-state index contributed by atoms with van der Waals surface area (Å²) in [7, 11) is 1.59. The predicted molar refractivity (Wildman–Crippen MR) is 64.7 cm³/mol. The summed E-state index contributed by atoms with van der Waals surface area (Å²) in [6.45, 7) is 0.455. The molecule has 0 radical (unpaired) electrons. The molecule has 0 fully saturated rings. The predicted octanol–water partition coefficient (Wildman–Crippen LogP) is 1.44. The molecule has 2 heterocycles. The van der Waals surface area contributed by atoms with E-state index in [0.29, 0.717) is 35.9 Å². The van der Waals surface area contributed by atoms with E-state index in [1.807, 2.05) is 6.07 Å². The number of aromatic amines is 1. The number of imidazole rings is 1. The third-order valence-electron chi connectivity index (χ3n) is 3.24. The summed E-state index contributed by atoms with van der Waals surface area (Å²) in [4.78, 5) is 7.13. The zero-order valence-electron chi connectivity index (χ0n) is 10.0. The van der Waals surface area contributed by atoms with Crippen LogP contribution < -0.4 is 9.47 Å². The lowest BCUT2D eigenvalue weighted by Gasteiger charge is -2.32. The number of aromatic nitrogens is 2. The van der Waals surface area contributed by atoms with Crippen molar-refractivity contribution in [1.29, 1.82) is 0 Å². The molecule has 1 atom stereocenters. The molecule has 0 saturated carbocycles. The molecule has 1 aromatic heterocycles. The average Bonchev–Trinajstić information content (AvgIpc) is 2.93. The van der Waals surface area contributed by atoms with Gasteiger partial charge in [-0.1, -0.05) is 0 Å². The monoisotopic (exact) mass is 246 g/mol. The fraction of sp³-hybridized carbons (Fsp3) is 0.308. The molecule has 0 spiro atoms. The number of fused-ring (bicyclic) bond motifs is 1. The van der Waals surface area contributed by atoms with Crippen molar-refractivity contribution in [2.24, 2.45) is 0 Å². The zero-order valence-corrected chi connectivity index (χ0v) is 10.0. The molecule has 0 saturated heterocycles. The van der Waals surface area contributed by atoms with Gasteiger partial charge in [0.25, 0.3) is 0 Å². The first-order valence-electron chi connectivity index (χ1n) is 5.77. The molecule has 0 aliphatic carbocycles. The molecule has 1 aromatic carbocycles. The summed E-state index contributed by atoms with van der Waals surface area (Å²) in [5, 5.41) is 10.9. The summed E-state index contributed by atoms with van der Waals surface area (Å²) in [6, 6.07) is 5.41. The van der Waals surface area contributed by atoms with Gasteiger partial charge in [-0.2, -0.15) is 0 Å². The summed E-state index contributed by atoms with van der Waals surface area (Å²) in [6.07, 6.45) is 3.78. The van der Waals surface area contributed by atoms with Gasteiger partial charge < -0.3 is 19.6 Å².